The van der Waals surface area contributed by atoms with Crippen LogP contribution in [0.5, 0.6) is 0 Å². The molecule has 1 rings (SSSR count). The Balaban J connectivity index is 2.80. The molecule has 0 fully saturated rings. The molecule has 5 heteroatoms. The van der Waals surface area contributed by atoms with Crippen LogP contribution in [0, 0.1) is 17.2 Å². The monoisotopic (exact) mass is 274 g/mol. The van der Waals surface area contributed by atoms with Gasteiger partial charge in [-0.25, -0.2) is 4.79 Å². The molecule has 1 aromatic rings. The van der Waals surface area contributed by atoms with E-state index in [2.05, 4.69) is 0 Å². The van der Waals surface area contributed by atoms with Gasteiger partial charge in [0.25, 0.3) is 0 Å². The molecule has 0 bridgehead atoms. The molecule has 0 saturated heterocycles. The predicted octanol–water partition coefficient (Wildman–Crippen LogP) is 2.18. The van der Waals surface area contributed by atoms with E-state index in [1.807, 2.05) is 19.9 Å². The molecule has 0 saturated carbocycles. The van der Waals surface area contributed by atoms with Crippen molar-refractivity contribution in [2.75, 3.05) is 0 Å². The Labute approximate surface area is 118 Å². The molecule has 0 aliphatic carbocycles. The molecular weight excluding hydrogens is 256 g/mol. The molecule has 20 heavy (non-hydrogen) atoms. The molecular formula is C15H18N2O3. The molecule has 0 unspecified atom stereocenters. The molecule has 1 aromatic carbocycles. The van der Waals surface area contributed by atoms with E-state index in [4.69, 9.17) is 15.7 Å². The number of benzene rings is 1. The summed E-state index contributed by atoms with van der Waals surface area (Å²) >= 11 is 0. The lowest BCUT2D eigenvalue weighted by Crippen LogP contribution is -2.32. The van der Waals surface area contributed by atoms with E-state index in [0.29, 0.717) is 12.0 Å². The maximum atomic E-state index is 12.0. The van der Waals surface area contributed by atoms with Crippen LogP contribution in [0.3, 0.4) is 0 Å². The van der Waals surface area contributed by atoms with E-state index >= 15 is 0 Å². The van der Waals surface area contributed by atoms with Crippen LogP contribution < -0.4 is 5.73 Å². The molecule has 0 aliphatic rings. The molecule has 1 amide bonds. The number of rotatable bonds is 6. The number of Topliss-reactive ketones (excluding diaryl/α,β-unsaturated/α-hetero) is 1. The Hall–Kier alpha value is -2.35. The Morgan fingerprint density at radius 1 is 1.30 bits per heavy atom. The quantitative estimate of drug-likeness (QED) is 0.860. The number of amides is 1. The minimum Gasteiger partial charge on any atom is -0.438 e. The first-order valence-corrected chi connectivity index (χ1v) is 6.40. The molecule has 106 valence electrons. The fraction of sp³-hybridized carbons (Fsp3) is 0.400. The number of nitriles is 1. The number of carbonyl (C=O) groups excluding carboxylic acids is 2. The van der Waals surface area contributed by atoms with Crippen molar-refractivity contribution in [1.82, 2.24) is 0 Å². The van der Waals surface area contributed by atoms with Crippen LogP contribution in [0.4, 0.5) is 4.79 Å². The zero-order chi connectivity index (χ0) is 15.1. The van der Waals surface area contributed by atoms with Crippen molar-refractivity contribution in [2.45, 2.75) is 32.8 Å². The predicted molar refractivity (Wildman–Crippen MR) is 73.8 cm³/mol. The average molecular weight is 274 g/mol. The van der Waals surface area contributed by atoms with Gasteiger partial charge in [-0.05, 0) is 23.6 Å². The first-order valence-electron chi connectivity index (χ1n) is 6.40. The number of nitrogens with zero attached hydrogens (tertiary/aromatic N) is 1. The van der Waals surface area contributed by atoms with Gasteiger partial charge in [-0.15, -0.1) is 0 Å². The van der Waals surface area contributed by atoms with Crippen LogP contribution in [0.1, 0.15) is 31.4 Å². The summed E-state index contributed by atoms with van der Waals surface area (Å²) in [6, 6.07) is 8.80. The van der Waals surface area contributed by atoms with Crippen LogP contribution >= 0.6 is 0 Å². The van der Waals surface area contributed by atoms with Crippen molar-refractivity contribution in [1.29, 1.82) is 5.26 Å². The van der Waals surface area contributed by atoms with Crippen LogP contribution in [0.2, 0.25) is 0 Å². The van der Waals surface area contributed by atoms with Gasteiger partial charge in [0.05, 0.1) is 11.6 Å². The largest absolute Gasteiger partial charge is 0.438 e. The standard InChI is InChI=1S/C15H18N2O3/c1-10(2)7-13(18)14(20-15(17)19)8-11-3-5-12(9-16)6-4-11/h3-6,10,14H,7-8H2,1-2H3,(H2,17,19)/t14-/m1/s1. The maximum Gasteiger partial charge on any atom is 0.405 e. The first kappa shape index (κ1) is 15.7. The fourth-order valence-electron chi connectivity index (χ4n) is 1.82. The third-order valence-corrected chi connectivity index (χ3v) is 2.73. The maximum absolute atomic E-state index is 12.0. The summed E-state index contributed by atoms with van der Waals surface area (Å²) in [4.78, 5) is 22.9. The number of carbonyl (C=O) groups is 2. The van der Waals surface area contributed by atoms with Crippen molar-refractivity contribution < 1.29 is 14.3 Å². The van der Waals surface area contributed by atoms with Gasteiger partial charge in [-0.1, -0.05) is 26.0 Å². The van der Waals surface area contributed by atoms with Crippen molar-refractivity contribution >= 4 is 11.9 Å². The summed E-state index contributed by atoms with van der Waals surface area (Å²) in [5.41, 5.74) is 6.35. The number of primary amides is 1. The van der Waals surface area contributed by atoms with E-state index in [1.54, 1.807) is 24.3 Å². The average Bonchev–Trinajstić information content (AvgIpc) is 2.37. The van der Waals surface area contributed by atoms with Gasteiger partial charge in [0, 0.05) is 12.8 Å². The zero-order valence-corrected chi connectivity index (χ0v) is 11.6. The molecule has 0 aromatic heterocycles. The molecule has 0 aliphatic heterocycles. The summed E-state index contributed by atoms with van der Waals surface area (Å²) in [5, 5.41) is 8.73. The molecule has 2 N–H and O–H groups in total. The highest BCUT2D eigenvalue weighted by Gasteiger charge is 2.23. The molecule has 0 heterocycles. The Kier molecular flexibility index (Phi) is 5.73. The Morgan fingerprint density at radius 3 is 2.35 bits per heavy atom. The van der Waals surface area contributed by atoms with Gasteiger partial charge < -0.3 is 10.5 Å². The topological polar surface area (TPSA) is 93.2 Å². The van der Waals surface area contributed by atoms with Crippen LogP contribution in [0.15, 0.2) is 24.3 Å². The van der Waals surface area contributed by atoms with E-state index in [9.17, 15) is 9.59 Å². The molecule has 5 nitrogen and oxygen atoms in total. The number of nitrogens with two attached hydrogens (primary N) is 1. The first-order chi connectivity index (χ1) is 9.42. The summed E-state index contributed by atoms with van der Waals surface area (Å²) in [7, 11) is 0. The van der Waals surface area contributed by atoms with Crippen LogP contribution in [0.25, 0.3) is 0 Å². The third-order valence-electron chi connectivity index (χ3n) is 2.73. The van der Waals surface area contributed by atoms with Crippen LogP contribution in [-0.2, 0) is 16.0 Å². The normalized spacial score (nSPS) is 11.7. The smallest absolute Gasteiger partial charge is 0.405 e. The fourth-order valence-corrected chi connectivity index (χ4v) is 1.82. The second kappa shape index (κ2) is 7.29. The minimum absolute atomic E-state index is 0.150. The van der Waals surface area contributed by atoms with E-state index in [0.717, 1.165) is 5.56 Å². The Bertz CT molecular complexity index is 515. The SMILES string of the molecule is CC(C)CC(=O)[C@@H](Cc1ccc(C#N)cc1)OC(N)=O. The van der Waals surface area contributed by atoms with Gasteiger partial charge in [-0.2, -0.15) is 5.26 Å². The van der Waals surface area contributed by atoms with Crippen molar-refractivity contribution in [3.8, 4) is 6.07 Å². The molecule has 1 atom stereocenters. The Morgan fingerprint density at radius 2 is 1.90 bits per heavy atom. The lowest BCUT2D eigenvalue weighted by atomic mass is 9.98. The van der Waals surface area contributed by atoms with E-state index < -0.39 is 12.2 Å². The summed E-state index contributed by atoms with van der Waals surface area (Å²) in [5.74, 6) is 0.0330. The van der Waals surface area contributed by atoms with E-state index in [-0.39, 0.29) is 18.1 Å². The number of ketones is 1. The highest BCUT2D eigenvalue weighted by atomic mass is 16.6. The number of ether oxygens (including phenoxy) is 1. The lowest BCUT2D eigenvalue weighted by Gasteiger charge is -2.16. The lowest BCUT2D eigenvalue weighted by molar-refractivity contribution is -0.127. The van der Waals surface area contributed by atoms with Crippen LogP contribution in [-0.4, -0.2) is 18.0 Å². The minimum atomic E-state index is -0.958. The number of hydrogen-bond donors (Lipinski definition) is 1. The van der Waals surface area contributed by atoms with Crippen molar-refractivity contribution in [3.63, 3.8) is 0 Å². The highest BCUT2D eigenvalue weighted by molar-refractivity contribution is 5.85. The van der Waals surface area contributed by atoms with Crippen molar-refractivity contribution in [3.05, 3.63) is 35.4 Å². The zero-order valence-electron chi connectivity index (χ0n) is 11.6. The summed E-state index contributed by atoms with van der Waals surface area (Å²) < 4.78 is 4.90. The van der Waals surface area contributed by atoms with Gasteiger partial charge in [0.1, 0.15) is 0 Å². The van der Waals surface area contributed by atoms with Gasteiger partial charge >= 0.3 is 6.09 Å². The van der Waals surface area contributed by atoms with Gasteiger partial charge in [0.2, 0.25) is 0 Å². The van der Waals surface area contributed by atoms with Gasteiger partial charge in [-0.3, -0.25) is 4.79 Å². The molecule has 0 radical (unpaired) electrons. The summed E-state index contributed by atoms with van der Waals surface area (Å²) in [6.07, 6.45) is -1.24. The second-order valence-electron chi connectivity index (χ2n) is 5.00. The summed E-state index contributed by atoms with van der Waals surface area (Å²) in [6.45, 7) is 3.84. The highest BCUT2D eigenvalue weighted by Crippen LogP contribution is 2.13. The number of hydrogen-bond acceptors (Lipinski definition) is 4. The molecule has 0 spiro atoms. The van der Waals surface area contributed by atoms with Crippen molar-refractivity contribution in [2.24, 2.45) is 11.7 Å². The van der Waals surface area contributed by atoms with Gasteiger partial charge in [0.15, 0.2) is 11.9 Å². The third kappa shape index (κ3) is 5.11. The second-order valence-corrected chi connectivity index (χ2v) is 5.00. The van der Waals surface area contributed by atoms with E-state index in [1.165, 1.54) is 0 Å².